The van der Waals surface area contributed by atoms with Gasteiger partial charge in [0.25, 0.3) is 5.91 Å². The first-order valence-corrected chi connectivity index (χ1v) is 7.01. The van der Waals surface area contributed by atoms with Gasteiger partial charge in [-0.1, -0.05) is 17.7 Å². The predicted octanol–water partition coefficient (Wildman–Crippen LogP) is 2.22. The Kier molecular flexibility index (Phi) is 3.37. The van der Waals surface area contributed by atoms with Crippen LogP contribution in [0, 0.1) is 5.92 Å². The number of amides is 1. The highest BCUT2D eigenvalue weighted by atomic mass is 35.5. The molecule has 1 aromatic carbocycles. The van der Waals surface area contributed by atoms with Crippen LogP contribution in [-0.2, 0) is 4.74 Å². The summed E-state index contributed by atoms with van der Waals surface area (Å²) in [5.41, 5.74) is 6.62. The van der Waals surface area contributed by atoms with Crippen LogP contribution in [0.15, 0.2) is 18.2 Å². The number of benzene rings is 1. The molecular weight excluding hydrogens is 264 g/mol. The molecule has 0 aromatic heterocycles. The number of carbonyl (C=O) groups is 1. The van der Waals surface area contributed by atoms with Crippen molar-refractivity contribution in [2.75, 3.05) is 12.3 Å². The molecule has 2 aliphatic rings. The quantitative estimate of drug-likeness (QED) is 0.835. The average molecular weight is 281 g/mol. The minimum atomic E-state index is -0.166. The van der Waals surface area contributed by atoms with Gasteiger partial charge in [0.05, 0.1) is 28.4 Å². The number of ether oxygens (including phenoxy) is 1. The molecule has 1 aliphatic heterocycles. The lowest BCUT2D eigenvalue weighted by Gasteiger charge is -2.20. The van der Waals surface area contributed by atoms with Gasteiger partial charge in [-0.15, -0.1) is 0 Å². The summed E-state index contributed by atoms with van der Waals surface area (Å²) in [5.74, 6) is 0.450. The first-order valence-electron chi connectivity index (χ1n) is 6.63. The van der Waals surface area contributed by atoms with E-state index < -0.39 is 0 Å². The second-order valence-corrected chi connectivity index (χ2v) is 5.65. The minimum absolute atomic E-state index is 0.0957. The standard InChI is InChI=1S/C14H17ClN2O2/c15-10-3-1-2-9(12(10)16)14(18)17-11-6-7-19-13(11)8-4-5-8/h1-3,8,11,13H,4-7,16H2,(H,17,18). The summed E-state index contributed by atoms with van der Waals surface area (Å²) in [6.45, 7) is 0.719. The van der Waals surface area contributed by atoms with Crippen molar-refractivity contribution in [1.82, 2.24) is 5.32 Å². The van der Waals surface area contributed by atoms with Crippen molar-refractivity contribution in [2.24, 2.45) is 5.92 Å². The fourth-order valence-electron chi connectivity index (χ4n) is 2.64. The first-order chi connectivity index (χ1) is 9.16. The van der Waals surface area contributed by atoms with Crippen LogP contribution >= 0.6 is 11.6 Å². The molecule has 0 spiro atoms. The van der Waals surface area contributed by atoms with Crippen molar-refractivity contribution in [1.29, 1.82) is 0 Å². The molecule has 2 fully saturated rings. The zero-order valence-electron chi connectivity index (χ0n) is 10.6. The lowest BCUT2D eigenvalue weighted by Crippen LogP contribution is -2.41. The number of rotatable bonds is 3. The Morgan fingerprint density at radius 2 is 2.16 bits per heavy atom. The topological polar surface area (TPSA) is 64.4 Å². The zero-order valence-corrected chi connectivity index (χ0v) is 11.3. The third kappa shape index (κ3) is 2.55. The number of nitrogens with one attached hydrogen (secondary N) is 1. The van der Waals surface area contributed by atoms with E-state index in [1.807, 2.05) is 0 Å². The van der Waals surface area contributed by atoms with Gasteiger partial charge in [-0.2, -0.15) is 0 Å². The van der Waals surface area contributed by atoms with Crippen LogP contribution in [0.1, 0.15) is 29.6 Å². The molecule has 1 aromatic rings. The van der Waals surface area contributed by atoms with E-state index in [4.69, 9.17) is 22.1 Å². The van der Waals surface area contributed by atoms with E-state index in [-0.39, 0.29) is 18.1 Å². The second kappa shape index (κ2) is 5.02. The Morgan fingerprint density at radius 1 is 1.37 bits per heavy atom. The Morgan fingerprint density at radius 3 is 2.89 bits per heavy atom. The third-order valence-electron chi connectivity index (χ3n) is 3.84. The molecule has 2 unspecified atom stereocenters. The molecule has 1 saturated carbocycles. The summed E-state index contributed by atoms with van der Waals surface area (Å²) < 4.78 is 5.71. The normalized spacial score (nSPS) is 26.4. The molecule has 1 aliphatic carbocycles. The van der Waals surface area contributed by atoms with Gasteiger partial charge in [0, 0.05) is 6.61 Å². The molecule has 0 radical (unpaired) electrons. The highest BCUT2D eigenvalue weighted by molar-refractivity contribution is 6.33. The minimum Gasteiger partial charge on any atom is -0.397 e. The van der Waals surface area contributed by atoms with Crippen molar-refractivity contribution in [3.05, 3.63) is 28.8 Å². The number of nitrogens with two attached hydrogens (primary N) is 1. The predicted molar refractivity (Wildman–Crippen MR) is 74.2 cm³/mol. The molecule has 1 saturated heterocycles. The number of hydrogen-bond donors (Lipinski definition) is 2. The van der Waals surface area contributed by atoms with Gasteiger partial charge in [0.2, 0.25) is 0 Å². The van der Waals surface area contributed by atoms with Crippen molar-refractivity contribution in [3.63, 3.8) is 0 Å². The maximum absolute atomic E-state index is 12.3. The van der Waals surface area contributed by atoms with E-state index in [0.29, 0.717) is 22.2 Å². The first kappa shape index (κ1) is 12.8. The number of halogens is 1. The Bertz CT molecular complexity index is 502. The molecule has 19 heavy (non-hydrogen) atoms. The third-order valence-corrected chi connectivity index (χ3v) is 4.17. The summed E-state index contributed by atoms with van der Waals surface area (Å²) in [6, 6.07) is 5.20. The van der Waals surface area contributed by atoms with Gasteiger partial charge in [-0.25, -0.2) is 0 Å². The maximum Gasteiger partial charge on any atom is 0.253 e. The van der Waals surface area contributed by atoms with E-state index in [1.54, 1.807) is 18.2 Å². The average Bonchev–Trinajstić information content (AvgIpc) is 3.13. The van der Waals surface area contributed by atoms with E-state index in [9.17, 15) is 4.79 Å². The van der Waals surface area contributed by atoms with Gasteiger partial charge >= 0.3 is 0 Å². The highest BCUT2D eigenvalue weighted by Crippen LogP contribution is 2.38. The Hall–Kier alpha value is -1.26. The summed E-state index contributed by atoms with van der Waals surface area (Å²) in [4.78, 5) is 12.3. The van der Waals surface area contributed by atoms with Gasteiger partial charge in [-0.05, 0) is 37.3 Å². The molecule has 102 valence electrons. The fourth-order valence-corrected chi connectivity index (χ4v) is 2.81. The monoisotopic (exact) mass is 280 g/mol. The Labute approximate surface area is 117 Å². The summed E-state index contributed by atoms with van der Waals surface area (Å²) in [6.07, 6.45) is 3.45. The van der Waals surface area contributed by atoms with Crippen molar-refractivity contribution in [3.8, 4) is 0 Å². The smallest absolute Gasteiger partial charge is 0.253 e. The van der Waals surface area contributed by atoms with Gasteiger partial charge in [-0.3, -0.25) is 4.79 Å². The van der Waals surface area contributed by atoms with Crippen LogP contribution in [0.5, 0.6) is 0 Å². The molecule has 5 heteroatoms. The SMILES string of the molecule is Nc1c(Cl)cccc1C(=O)NC1CCOC1C1CC1. The van der Waals surface area contributed by atoms with Crippen LogP contribution in [0.2, 0.25) is 5.02 Å². The molecule has 1 heterocycles. The molecule has 1 amide bonds. The van der Waals surface area contributed by atoms with Gasteiger partial charge < -0.3 is 15.8 Å². The summed E-state index contributed by atoms with van der Waals surface area (Å²) >= 11 is 5.93. The maximum atomic E-state index is 12.3. The zero-order chi connectivity index (χ0) is 13.4. The molecule has 4 nitrogen and oxygen atoms in total. The molecule has 3 rings (SSSR count). The van der Waals surface area contributed by atoms with E-state index in [1.165, 1.54) is 12.8 Å². The lowest BCUT2D eigenvalue weighted by atomic mass is 10.1. The highest BCUT2D eigenvalue weighted by Gasteiger charge is 2.41. The number of anilines is 1. The number of hydrogen-bond acceptors (Lipinski definition) is 3. The van der Waals surface area contributed by atoms with Crippen LogP contribution in [0.25, 0.3) is 0 Å². The van der Waals surface area contributed by atoms with Gasteiger partial charge in [0.15, 0.2) is 0 Å². The molecule has 3 N–H and O–H groups in total. The van der Waals surface area contributed by atoms with Crippen LogP contribution in [0.4, 0.5) is 5.69 Å². The number of para-hydroxylation sites is 1. The second-order valence-electron chi connectivity index (χ2n) is 5.24. The van der Waals surface area contributed by atoms with Crippen LogP contribution in [0.3, 0.4) is 0 Å². The van der Waals surface area contributed by atoms with E-state index in [2.05, 4.69) is 5.32 Å². The van der Waals surface area contributed by atoms with Crippen molar-refractivity contribution >= 4 is 23.2 Å². The number of nitrogen functional groups attached to an aromatic ring is 1. The fraction of sp³-hybridized carbons (Fsp3) is 0.500. The largest absolute Gasteiger partial charge is 0.397 e. The number of carbonyl (C=O) groups excluding carboxylic acids is 1. The summed E-state index contributed by atoms with van der Waals surface area (Å²) in [7, 11) is 0. The molecular formula is C14H17ClN2O2. The van der Waals surface area contributed by atoms with Gasteiger partial charge in [0.1, 0.15) is 0 Å². The van der Waals surface area contributed by atoms with E-state index >= 15 is 0 Å². The van der Waals surface area contributed by atoms with Crippen molar-refractivity contribution < 1.29 is 9.53 Å². The molecule has 0 bridgehead atoms. The van der Waals surface area contributed by atoms with Crippen LogP contribution < -0.4 is 11.1 Å². The lowest BCUT2D eigenvalue weighted by molar-refractivity contribution is 0.0730. The van der Waals surface area contributed by atoms with Crippen molar-refractivity contribution in [2.45, 2.75) is 31.4 Å². The summed E-state index contributed by atoms with van der Waals surface area (Å²) in [5, 5.41) is 3.44. The Balaban J connectivity index is 1.72. The molecule has 2 atom stereocenters. The van der Waals surface area contributed by atoms with E-state index in [0.717, 1.165) is 13.0 Å². The van der Waals surface area contributed by atoms with Crippen LogP contribution in [-0.4, -0.2) is 24.7 Å².